The SMILES string of the molecule is BC(C)C1CC(O)[C@](O)(CO)CO1. The highest BCUT2D eigenvalue weighted by atomic mass is 16.5. The summed E-state index contributed by atoms with van der Waals surface area (Å²) in [4.78, 5) is 0. The van der Waals surface area contributed by atoms with Gasteiger partial charge in [0.1, 0.15) is 13.4 Å². The van der Waals surface area contributed by atoms with Crippen molar-refractivity contribution in [1.29, 1.82) is 0 Å². The molecule has 1 aliphatic rings. The van der Waals surface area contributed by atoms with Gasteiger partial charge in [-0.2, -0.15) is 0 Å². The van der Waals surface area contributed by atoms with Crippen molar-refractivity contribution >= 4 is 7.85 Å². The summed E-state index contributed by atoms with van der Waals surface area (Å²) in [5, 5.41) is 28.0. The lowest BCUT2D eigenvalue weighted by molar-refractivity contribution is -0.198. The van der Waals surface area contributed by atoms with E-state index in [2.05, 4.69) is 0 Å². The minimum Gasteiger partial charge on any atom is -0.393 e. The van der Waals surface area contributed by atoms with Crippen LogP contribution in [0.15, 0.2) is 0 Å². The number of aliphatic hydroxyl groups is 3. The molecule has 0 aromatic carbocycles. The molecule has 3 N–H and O–H groups in total. The summed E-state index contributed by atoms with van der Waals surface area (Å²) in [6, 6.07) is 0. The fourth-order valence-electron chi connectivity index (χ4n) is 1.47. The van der Waals surface area contributed by atoms with Gasteiger partial charge in [0.05, 0.1) is 25.4 Å². The third-order valence-corrected chi connectivity index (χ3v) is 2.64. The Balaban J connectivity index is 2.56. The summed E-state index contributed by atoms with van der Waals surface area (Å²) in [7, 11) is 2.00. The topological polar surface area (TPSA) is 69.9 Å². The first-order valence-electron chi connectivity index (χ1n) is 4.62. The first kappa shape index (κ1) is 11.0. The highest BCUT2D eigenvalue weighted by Crippen LogP contribution is 2.27. The normalized spacial score (nSPS) is 43.1. The summed E-state index contributed by atoms with van der Waals surface area (Å²) in [6.07, 6.45) is -0.533. The van der Waals surface area contributed by atoms with Crippen LogP contribution in [0.5, 0.6) is 0 Å². The largest absolute Gasteiger partial charge is 0.393 e. The summed E-state index contributed by atoms with van der Waals surface area (Å²) >= 11 is 0. The molecule has 3 unspecified atom stereocenters. The third kappa shape index (κ3) is 2.23. The van der Waals surface area contributed by atoms with Gasteiger partial charge in [-0.1, -0.05) is 6.92 Å². The van der Waals surface area contributed by atoms with Crippen LogP contribution in [-0.2, 0) is 4.74 Å². The Kier molecular flexibility index (Phi) is 3.35. The van der Waals surface area contributed by atoms with Gasteiger partial charge in [-0.25, -0.2) is 0 Å². The lowest BCUT2D eigenvalue weighted by Gasteiger charge is -2.40. The van der Waals surface area contributed by atoms with Gasteiger partial charge >= 0.3 is 0 Å². The van der Waals surface area contributed by atoms with Gasteiger partial charge in [-0.15, -0.1) is 0 Å². The fraction of sp³-hybridized carbons (Fsp3) is 1.00. The Morgan fingerprint density at radius 3 is 2.69 bits per heavy atom. The van der Waals surface area contributed by atoms with Crippen LogP contribution < -0.4 is 0 Å². The molecule has 1 saturated heterocycles. The van der Waals surface area contributed by atoms with Gasteiger partial charge in [0, 0.05) is 6.42 Å². The van der Waals surface area contributed by atoms with Gasteiger partial charge in [-0.05, 0) is 5.82 Å². The zero-order chi connectivity index (χ0) is 10.1. The summed E-state index contributed by atoms with van der Waals surface area (Å²) in [5.41, 5.74) is -1.47. The van der Waals surface area contributed by atoms with Crippen molar-refractivity contribution in [1.82, 2.24) is 0 Å². The molecule has 0 aromatic heterocycles. The molecule has 0 saturated carbocycles. The van der Waals surface area contributed by atoms with Crippen molar-refractivity contribution in [2.75, 3.05) is 13.2 Å². The molecule has 0 radical (unpaired) electrons. The molecule has 76 valence electrons. The Labute approximate surface area is 78.9 Å². The molecule has 4 atom stereocenters. The average Bonchev–Trinajstić information content (AvgIpc) is 2.09. The van der Waals surface area contributed by atoms with E-state index in [1.165, 1.54) is 0 Å². The molecule has 1 aliphatic heterocycles. The summed E-state index contributed by atoms with van der Waals surface area (Å²) in [6.45, 7) is 1.55. The van der Waals surface area contributed by atoms with Crippen LogP contribution >= 0.6 is 0 Å². The van der Waals surface area contributed by atoms with Gasteiger partial charge in [0.25, 0.3) is 0 Å². The summed E-state index contributed by atoms with van der Waals surface area (Å²) < 4.78 is 5.35. The minimum absolute atomic E-state index is 0.00745. The molecule has 4 nitrogen and oxygen atoms in total. The Hall–Kier alpha value is -0.0951. The van der Waals surface area contributed by atoms with Crippen molar-refractivity contribution in [3.8, 4) is 0 Å². The third-order valence-electron chi connectivity index (χ3n) is 2.64. The van der Waals surface area contributed by atoms with Crippen molar-refractivity contribution in [2.24, 2.45) is 0 Å². The Morgan fingerprint density at radius 1 is 1.69 bits per heavy atom. The molecular formula is C8H17BO4. The standard InChI is InChI=1S/C8H17BO4/c1-5(9)6-2-7(11)8(12,3-10)4-13-6/h5-7,10-12H,2-4,9H2,1H3/t5?,6?,7?,8-/m0/s1. The quantitative estimate of drug-likeness (QED) is 0.452. The first-order chi connectivity index (χ1) is 5.99. The average molecular weight is 188 g/mol. The van der Waals surface area contributed by atoms with Crippen molar-refractivity contribution < 1.29 is 20.1 Å². The second-order valence-electron chi connectivity index (χ2n) is 4.11. The van der Waals surface area contributed by atoms with E-state index in [1.807, 2.05) is 14.8 Å². The van der Waals surface area contributed by atoms with E-state index in [-0.39, 0.29) is 12.7 Å². The van der Waals surface area contributed by atoms with Gasteiger partial charge in [0.15, 0.2) is 0 Å². The highest BCUT2D eigenvalue weighted by molar-refractivity contribution is 6.11. The molecule has 0 aliphatic carbocycles. The predicted octanol–water partition coefficient (Wildman–Crippen LogP) is -1.70. The monoisotopic (exact) mass is 188 g/mol. The van der Waals surface area contributed by atoms with E-state index >= 15 is 0 Å². The van der Waals surface area contributed by atoms with E-state index in [9.17, 15) is 10.2 Å². The van der Waals surface area contributed by atoms with Crippen LogP contribution in [-0.4, -0.2) is 54.2 Å². The van der Waals surface area contributed by atoms with Crippen LogP contribution in [0.1, 0.15) is 13.3 Å². The second-order valence-corrected chi connectivity index (χ2v) is 4.11. The van der Waals surface area contributed by atoms with Crippen LogP contribution in [0.2, 0.25) is 5.82 Å². The number of hydrogen-bond acceptors (Lipinski definition) is 4. The molecule has 0 spiro atoms. The van der Waals surface area contributed by atoms with Crippen LogP contribution in [0.3, 0.4) is 0 Å². The van der Waals surface area contributed by atoms with Crippen molar-refractivity contribution in [3.63, 3.8) is 0 Å². The first-order valence-corrected chi connectivity index (χ1v) is 4.62. The van der Waals surface area contributed by atoms with Crippen LogP contribution in [0.4, 0.5) is 0 Å². The van der Waals surface area contributed by atoms with Crippen molar-refractivity contribution in [3.05, 3.63) is 0 Å². The number of aliphatic hydroxyl groups excluding tert-OH is 2. The van der Waals surface area contributed by atoms with E-state index in [0.717, 1.165) is 0 Å². The second kappa shape index (κ2) is 3.96. The molecular weight excluding hydrogens is 171 g/mol. The van der Waals surface area contributed by atoms with Crippen molar-refractivity contribution in [2.45, 2.75) is 37.0 Å². The summed E-state index contributed by atoms with van der Waals surface area (Å²) in [5.74, 6) is 0.317. The fourth-order valence-corrected chi connectivity index (χ4v) is 1.47. The number of ether oxygens (including phenoxy) is 1. The highest BCUT2D eigenvalue weighted by Gasteiger charge is 2.42. The predicted molar refractivity (Wildman–Crippen MR) is 50.4 cm³/mol. The van der Waals surface area contributed by atoms with Crippen LogP contribution in [0, 0.1) is 0 Å². The van der Waals surface area contributed by atoms with E-state index in [1.54, 1.807) is 0 Å². The lowest BCUT2D eigenvalue weighted by atomic mass is 9.78. The molecule has 0 bridgehead atoms. The maximum atomic E-state index is 9.62. The van der Waals surface area contributed by atoms with E-state index < -0.39 is 18.3 Å². The zero-order valence-electron chi connectivity index (χ0n) is 8.10. The maximum Gasteiger partial charge on any atom is 0.137 e. The van der Waals surface area contributed by atoms with Gasteiger partial charge < -0.3 is 20.1 Å². The minimum atomic E-state index is -1.47. The molecule has 5 heteroatoms. The molecule has 0 aromatic rings. The number of hydrogen-bond donors (Lipinski definition) is 3. The number of rotatable bonds is 2. The van der Waals surface area contributed by atoms with E-state index in [0.29, 0.717) is 12.2 Å². The molecule has 13 heavy (non-hydrogen) atoms. The molecule has 1 heterocycles. The van der Waals surface area contributed by atoms with Gasteiger partial charge in [-0.3, -0.25) is 0 Å². The Bertz CT molecular complexity index is 176. The smallest absolute Gasteiger partial charge is 0.137 e. The maximum absolute atomic E-state index is 9.62. The molecule has 1 fully saturated rings. The Morgan fingerprint density at radius 2 is 2.31 bits per heavy atom. The molecule has 0 amide bonds. The molecule has 1 rings (SSSR count). The lowest BCUT2D eigenvalue weighted by Crippen LogP contribution is -2.55. The van der Waals surface area contributed by atoms with Gasteiger partial charge in [0.2, 0.25) is 0 Å². The van der Waals surface area contributed by atoms with Crippen LogP contribution in [0.25, 0.3) is 0 Å². The zero-order valence-corrected chi connectivity index (χ0v) is 8.10. The van der Waals surface area contributed by atoms with E-state index in [4.69, 9.17) is 9.84 Å².